The van der Waals surface area contributed by atoms with Crippen molar-refractivity contribution in [1.29, 1.82) is 0 Å². The Labute approximate surface area is 171 Å². The van der Waals surface area contributed by atoms with E-state index in [1.165, 1.54) is 0 Å². The molecular weight excluding hydrogens is 398 g/mol. The van der Waals surface area contributed by atoms with Gasteiger partial charge >= 0.3 is 0 Å². The molecule has 150 valence electrons. The summed E-state index contributed by atoms with van der Waals surface area (Å²) in [5.41, 5.74) is 1.35. The van der Waals surface area contributed by atoms with E-state index in [2.05, 4.69) is 0 Å². The molecule has 1 atom stereocenters. The Morgan fingerprint density at radius 2 is 2.00 bits per heavy atom. The van der Waals surface area contributed by atoms with Gasteiger partial charge in [-0.05, 0) is 48.7 Å². The van der Waals surface area contributed by atoms with Gasteiger partial charge in [0.05, 0.1) is 18.1 Å². The van der Waals surface area contributed by atoms with Gasteiger partial charge in [0.15, 0.2) is 9.84 Å². The Kier molecular flexibility index (Phi) is 6.62. The molecule has 2 aromatic carbocycles. The van der Waals surface area contributed by atoms with Crippen molar-refractivity contribution in [3.8, 4) is 5.75 Å². The highest BCUT2D eigenvalue weighted by atomic mass is 35.5. The topological polar surface area (TPSA) is 63.7 Å². The summed E-state index contributed by atoms with van der Waals surface area (Å²) in [4.78, 5) is 14.9. The summed E-state index contributed by atoms with van der Waals surface area (Å²) in [6.07, 6.45) is 1.32. The number of carbonyl (C=O) groups is 1. The number of hydrogen-bond acceptors (Lipinski definition) is 4. The summed E-state index contributed by atoms with van der Waals surface area (Å²) in [5.74, 6) is 0.528. The van der Waals surface area contributed by atoms with Gasteiger partial charge in [-0.1, -0.05) is 36.7 Å². The van der Waals surface area contributed by atoms with Crippen molar-refractivity contribution in [3.05, 3.63) is 64.7 Å². The molecule has 1 aliphatic heterocycles. The summed E-state index contributed by atoms with van der Waals surface area (Å²) in [6, 6.07) is 14.0. The molecule has 7 heteroatoms. The maximum Gasteiger partial charge on any atom is 0.254 e. The van der Waals surface area contributed by atoms with Gasteiger partial charge < -0.3 is 9.64 Å². The molecular formula is C21H24ClNO4S. The molecule has 0 saturated carbocycles. The molecule has 1 fully saturated rings. The van der Waals surface area contributed by atoms with E-state index in [0.717, 1.165) is 12.0 Å². The maximum atomic E-state index is 13.3. The second-order valence-electron chi connectivity index (χ2n) is 7.00. The molecule has 0 bridgehead atoms. The molecule has 0 unspecified atom stereocenters. The van der Waals surface area contributed by atoms with Gasteiger partial charge in [0.1, 0.15) is 5.75 Å². The van der Waals surface area contributed by atoms with E-state index in [-0.39, 0.29) is 23.5 Å². The molecule has 0 aliphatic carbocycles. The average Bonchev–Trinajstić information content (AvgIpc) is 3.03. The van der Waals surface area contributed by atoms with Crippen LogP contribution in [-0.4, -0.2) is 43.4 Å². The number of ether oxygens (including phenoxy) is 1. The molecule has 1 saturated heterocycles. The first kappa shape index (κ1) is 20.7. The van der Waals surface area contributed by atoms with Crippen molar-refractivity contribution in [1.82, 2.24) is 4.90 Å². The molecule has 0 radical (unpaired) electrons. The first-order chi connectivity index (χ1) is 13.4. The standard InChI is InChI=1S/C21H24ClNO4S/c1-2-10-27-20-8-4-6-17(13-20)21(24)23(19-9-11-28(25,26)15-19)14-16-5-3-7-18(22)12-16/h3-8,12-13,19H,2,9-11,14-15H2,1H3/t19-/m0/s1. The van der Waals surface area contributed by atoms with Crippen LogP contribution in [-0.2, 0) is 16.4 Å². The largest absolute Gasteiger partial charge is 0.494 e. The zero-order valence-corrected chi connectivity index (χ0v) is 17.4. The first-order valence-electron chi connectivity index (χ1n) is 9.36. The van der Waals surface area contributed by atoms with Crippen LogP contribution in [0.25, 0.3) is 0 Å². The Morgan fingerprint density at radius 3 is 2.68 bits per heavy atom. The summed E-state index contributed by atoms with van der Waals surface area (Å²) in [6.45, 7) is 2.90. The van der Waals surface area contributed by atoms with Crippen molar-refractivity contribution >= 4 is 27.3 Å². The number of carbonyl (C=O) groups excluding carboxylic acids is 1. The van der Waals surface area contributed by atoms with E-state index in [9.17, 15) is 13.2 Å². The van der Waals surface area contributed by atoms with Crippen molar-refractivity contribution < 1.29 is 17.9 Å². The lowest BCUT2D eigenvalue weighted by molar-refractivity contribution is 0.0680. The summed E-state index contributed by atoms with van der Waals surface area (Å²) in [7, 11) is -3.12. The minimum absolute atomic E-state index is 0.00860. The first-order valence-corrected chi connectivity index (χ1v) is 11.6. The predicted molar refractivity (Wildman–Crippen MR) is 111 cm³/mol. The average molecular weight is 422 g/mol. The van der Waals surface area contributed by atoms with Crippen LogP contribution < -0.4 is 4.74 Å². The molecule has 2 aromatic rings. The summed E-state index contributed by atoms with van der Waals surface area (Å²) < 4.78 is 29.6. The van der Waals surface area contributed by atoms with E-state index in [1.54, 1.807) is 35.2 Å². The van der Waals surface area contributed by atoms with Crippen LogP contribution in [0.15, 0.2) is 48.5 Å². The lowest BCUT2D eigenvalue weighted by Gasteiger charge is -2.29. The molecule has 1 aliphatic rings. The normalized spacial score (nSPS) is 18.0. The Bertz CT molecular complexity index is 945. The maximum absolute atomic E-state index is 13.3. The fourth-order valence-electron chi connectivity index (χ4n) is 3.32. The smallest absolute Gasteiger partial charge is 0.254 e. The highest BCUT2D eigenvalue weighted by molar-refractivity contribution is 7.91. The van der Waals surface area contributed by atoms with Crippen molar-refractivity contribution in [3.63, 3.8) is 0 Å². The molecule has 0 N–H and O–H groups in total. The second kappa shape index (κ2) is 8.97. The Hall–Kier alpha value is -2.05. The van der Waals surface area contributed by atoms with Gasteiger partial charge in [-0.15, -0.1) is 0 Å². The van der Waals surface area contributed by atoms with Gasteiger partial charge in [0.25, 0.3) is 5.91 Å². The molecule has 5 nitrogen and oxygen atoms in total. The van der Waals surface area contributed by atoms with Crippen molar-refractivity contribution in [2.45, 2.75) is 32.4 Å². The molecule has 1 amide bonds. The predicted octanol–water partition coefficient (Wildman–Crippen LogP) is 3.96. The van der Waals surface area contributed by atoms with Crippen LogP contribution in [0.5, 0.6) is 5.75 Å². The Balaban J connectivity index is 1.88. The third kappa shape index (κ3) is 5.26. The van der Waals surface area contributed by atoms with E-state index in [1.807, 2.05) is 25.1 Å². The van der Waals surface area contributed by atoms with E-state index >= 15 is 0 Å². The molecule has 1 heterocycles. The summed E-state index contributed by atoms with van der Waals surface area (Å²) >= 11 is 6.08. The molecule has 0 spiro atoms. The number of sulfone groups is 1. The number of amides is 1. The number of benzene rings is 2. The van der Waals surface area contributed by atoms with Gasteiger partial charge in [0.2, 0.25) is 0 Å². The minimum Gasteiger partial charge on any atom is -0.494 e. The SMILES string of the molecule is CCCOc1cccc(C(=O)N(Cc2cccc(Cl)c2)[C@H]2CCS(=O)(=O)C2)c1. The third-order valence-corrected chi connectivity index (χ3v) is 6.69. The fourth-order valence-corrected chi connectivity index (χ4v) is 5.27. The highest BCUT2D eigenvalue weighted by Gasteiger charge is 2.35. The van der Waals surface area contributed by atoms with Crippen molar-refractivity contribution in [2.75, 3.05) is 18.1 Å². The zero-order valence-electron chi connectivity index (χ0n) is 15.8. The van der Waals surface area contributed by atoms with Crippen LogP contribution >= 0.6 is 11.6 Å². The molecule has 0 aromatic heterocycles. The minimum atomic E-state index is -3.12. The highest BCUT2D eigenvalue weighted by Crippen LogP contribution is 2.24. The lowest BCUT2D eigenvalue weighted by atomic mass is 10.1. The number of halogens is 1. The van der Waals surface area contributed by atoms with E-state index in [4.69, 9.17) is 16.3 Å². The van der Waals surface area contributed by atoms with Gasteiger partial charge in [0, 0.05) is 23.2 Å². The van der Waals surface area contributed by atoms with E-state index in [0.29, 0.717) is 35.9 Å². The van der Waals surface area contributed by atoms with Crippen LogP contribution in [0.3, 0.4) is 0 Å². The summed E-state index contributed by atoms with van der Waals surface area (Å²) in [5, 5.41) is 0.582. The second-order valence-corrected chi connectivity index (χ2v) is 9.66. The van der Waals surface area contributed by atoms with Gasteiger partial charge in [-0.2, -0.15) is 0 Å². The fraction of sp³-hybridized carbons (Fsp3) is 0.381. The Morgan fingerprint density at radius 1 is 1.21 bits per heavy atom. The van der Waals surface area contributed by atoms with E-state index < -0.39 is 9.84 Å². The third-order valence-electron chi connectivity index (χ3n) is 4.71. The molecule has 3 rings (SSSR count). The number of nitrogens with zero attached hydrogens (tertiary/aromatic N) is 1. The van der Waals surface area contributed by atoms with Crippen LogP contribution in [0, 0.1) is 0 Å². The van der Waals surface area contributed by atoms with Gasteiger partial charge in [-0.25, -0.2) is 8.42 Å². The quantitative estimate of drug-likeness (QED) is 0.678. The molecule has 28 heavy (non-hydrogen) atoms. The van der Waals surface area contributed by atoms with Crippen LogP contribution in [0.1, 0.15) is 35.7 Å². The van der Waals surface area contributed by atoms with Gasteiger partial charge in [-0.3, -0.25) is 4.79 Å². The van der Waals surface area contributed by atoms with Crippen LogP contribution in [0.2, 0.25) is 5.02 Å². The zero-order chi connectivity index (χ0) is 20.1. The monoisotopic (exact) mass is 421 g/mol. The van der Waals surface area contributed by atoms with Crippen LogP contribution in [0.4, 0.5) is 0 Å². The number of hydrogen-bond donors (Lipinski definition) is 0. The van der Waals surface area contributed by atoms with Crippen molar-refractivity contribution in [2.24, 2.45) is 0 Å². The lowest BCUT2D eigenvalue weighted by Crippen LogP contribution is -2.40. The number of rotatable bonds is 7.